The molecule has 0 saturated carbocycles. The van der Waals surface area contributed by atoms with Crippen LogP contribution in [0.15, 0.2) is 24.3 Å². The number of nitrogens with zero attached hydrogens (tertiary/aromatic N) is 1. The minimum Gasteiger partial charge on any atom is -0.318 e. The number of carbonyl (C=O) groups is 1. The highest BCUT2D eigenvalue weighted by molar-refractivity contribution is 7.90. The van der Waals surface area contributed by atoms with E-state index < -0.39 is 22.3 Å². The van der Waals surface area contributed by atoms with Crippen molar-refractivity contribution in [2.75, 3.05) is 24.1 Å². The molecular formula is C10H12F3N3O3S. The summed E-state index contributed by atoms with van der Waals surface area (Å²) in [4.78, 5) is 10.7. The minimum absolute atomic E-state index is 0.0971. The average molecular weight is 311 g/mol. The molecule has 0 saturated heterocycles. The molecule has 0 bridgehead atoms. The van der Waals surface area contributed by atoms with Gasteiger partial charge < -0.3 is 5.32 Å². The van der Waals surface area contributed by atoms with Crippen molar-refractivity contribution in [1.29, 1.82) is 0 Å². The molecule has 0 heterocycles. The zero-order valence-electron chi connectivity index (χ0n) is 10.5. The molecular weight excluding hydrogens is 299 g/mol. The van der Waals surface area contributed by atoms with Gasteiger partial charge in [0, 0.05) is 25.5 Å². The monoisotopic (exact) mass is 311 g/mol. The van der Waals surface area contributed by atoms with Gasteiger partial charge in [0.05, 0.1) is 0 Å². The molecule has 6 nitrogen and oxygen atoms in total. The Hall–Kier alpha value is -1.81. The summed E-state index contributed by atoms with van der Waals surface area (Å²) in [6.45, 7) is 0. The Bertz CT molecular complexity index is 582. The van der Waals surface area contributed by atoms with Gasteiger partial charge >= 0.3 is 22.3 Å². The topological polar surface area (TPSA) is 78.5 Å². The van der Waals surface area contributed by atoms with Gasteiger partial charge in [-0.25, -0.2) is 0 Å². The lowest BCUT2D eigenvalue weighted by atomic mass is 10.3. The molecule has 0 aliphatic heterocycles. The van der Waals surface area contributed by atoms with E-state index in [1.165, 1.54) is 26.2 Å². The normalized spacial score (nSPS) is 12.3. The maximum absolute atomic E-state index is 12.0. The SMILES string of the molecule is CN(C)S(=O)(=O)Nc1ccc(NC(=O)C(F)(F)F)cc1. The third-order valence-corrected chi connectivity index (χ3v) is 3.58. The predicted molar refractivity (Wildman–Crippen MR) is 67.4 cm³/mol. The van der Waals surface area contributed by atoms with Gasteiger partial charge in [0.1, 0.15) is 0 Å². The van der Waals surface area contributed by atoms with Crippen LogP contribution < -0.4 is 10.0 Å². The van der Waals surface area contributed by atoms with E-state index in [4.69, 9.17) is 0 Å². The number of amides is 1. The van der Waals surface area contributed by atoms with Gasteiger partial charge in [0.2, 0.25) is 0 Å². The quantitative estimate of drug-likeness (QED) is 0.882. The molecule has 1 aromatic rings. The molecule has 2 N–H and O–H groups in total. The zero-order valence-corrected chi connectivity index (χ0v) is 11.3. The van der Waals surface area contributed by atoms with Crippen LogP contribution in [0.25, 0.3) is 0 Å². The zero-order chi connectivity index (χ0) is 15.6. The molecule has 20 heavy (non-hydrogen) atoms. The predicted octanol–water partition coefficient (Wildman–Crippen LogP) is 1.41. The average Bonchev–Trinajstić information content (AvgIpc) is 2.29. The van der Waals surface area contributed by atoms with Crippen molar-refractivity contribution in [1.82, 2.24) is 4.31 Å². The summed E-state index contributed by atoms with van der Waals surface area (Å²) in [6, 6.07) is 4.76. The molecule has 0 fully saturated rings. The van der Waals surface area contributed by atoms with Gasteiger partial charge in [-0.15, -0.1) is 0 Å². The van der Waals surface area contributed by atoms with Crippen LogP contribution in [0.1, 0.15) is 0 Å². The summed E-state index contributed by atoms with van der Waals surface area (Å²) in [7, 11) is -1.06. The van der Waals surface area contributed by atoms with E-state index in [-0.39, 0.29) is 11.4 Å². The number of nitrogens with one attached hydrogen (secondary N) is 2. The Balaban J connectivity index is 2.78. The molecule has 1 rings (SSSR count). The standard InChI is InChI=1S/C10H12F3N3O3S/c1-16(2)20(18,19)15-8-5-3-7(4-6-8)14-9(17)10(11,12)13/h3-6,15H,1-2H3,(H,14,17). The third kappa shape index (κ3) is 4.38. The van der Waals surface area contributed by atoms with Crippen LogP contribution in [-0.4, -0.2) is 38.9 Å². The maximum atomic E-state index is 12.0. The van der Waals surface area contributed by atoms with Crippen molar-refractivity contribution in [3.8, 4) is 0 Å². The van der Waals surface area contributed by atoms with Crippen molar-refractivity contribution in [2.24, 2.45) is 0 Å². The number of anilines is 2. The molecule has 0 aromatic heterocycles. The number of rotatable bonds is 4. The molecule has 0 aliphatic carbocycles. The lowest BCUT2D eigenvalue weighted by Crippen LogP contribution is -2.30. The van der Waals surface area contributed by atoms with E-state index in [0.717, 1.165) is 16.4 Å². The summed E-state index contributed by atoms with van der Waals surface area (Å²) >= 11 is 0. The summed E-state index contributed by atoms with van der Waals surface area (Å²) in [6.07, 6.45) is -4.98. The molecule has 1 aromatic carbocycles. The van der Waals surface area contributed by atoms with Gasteiger partial charge in [-0.1, -0.05) is 0 Å². The lowest BCUT2D eigenvalue weighted by molar-refractivity contribution is -0.167. The number of carbonyl (C=O) groups excluding carboxylic acids is 1. The highest BCUT2D eigenvalue weighted by atomic mass is 32.2. The second-order valence-electron chi connectivity index (χ2n) is 3.92. The molecule has 112 valence electrons. The van der Waals surface area contributed by atoms with E-state index in [1.807, 2.05) is 0 Å². The smallest absolute Gasteiger partial charge is 0.318 e. The summed E-state index contributed by atoms with van der Waals surface area (Å²) in [5, 5.41) is 1.64. The summed E-state index contributed by atoms with van der Waals surface area (Å²) in [5.41, 5.74) is 0.0591. The summed E-state index contributed by atoms with van der Waals surface area (Å²) in [5.74, 6) is -2.10. The number of benzene rings is 1. The van der Waals surface area contributed by atoms with Crippen molar-refractivity contribution in [3.05, 3.63) is 24.3 Å². The second kappa shape index (κ2) is 5.67. The van der Waals surface area contributed by atoms with Crippen LogP contribution in [0.4, 0.5) is 24.5 Å². The van der Waals surface area contributed by atoms with Crippen LogP contribution in [-0.2, 0) is 15.0 Å². The van der Waals surface area contributed by atoms with Gasteiger partial charge in [-0.2, -0.15) is 25.9 Å². The first-order chi connectivity index (χ1) is 9.02. The van der Waals surface area contributed by atoms with Crippen LogP contribution in [0.2, 0.25) is 0 Å². The van der Waals surface area contributed by atoms with E-state index in [9.17, 15) is 26.4 Å². The van der Waals surface area contributed by atoms with Crippen LogP contribution in [0, 0.1) is 0 Å². The van der Waals surface area contributed by atoms with Crippen molar-refractivity contribution in [2.45, 2.75) is 6.18 Å². The molecule has 0 aliphatic rings. The first kappa shape index (κ1) is 16.2. The van der Waals surface area contributed by atoms with Crippen molar-refractivity contribution < 1.29 is 26.4 Å². The Morgan fingerprint density at radius 1 is 1.10 bits per heavy atom. The third-order valence-electron chi connectivity index (χ3n) is 2.13. The molecule has 1 amide bonds. The fourth-order valence-electron chi connectivity index (χ4n) is 1.06. The van der Waals surface area contributed by atoms with Crippen LogP contribution in [0.3, 0.4) is 0 Å². The Morgan fingerprint density at radius 2 is 1.55 bits per heavy atom. The molecule has 10 heteroatoms. The number of halogens is 3. The molecule has 0 atom stereocenters. The van der Waals surface area contributed by atoms with E-state index in [1.54, 1.807) is 5.32 Å². The number of hydrogen-bond donors (Lipinski definition) is 2. The van der Waals surface area contributed by atoms with Crippen molar-refractivity contribution in [3.63, 3.8) is 0 Å². The maximum Gasteiger partial charge on any atom is 0.471 e. The van der Waals surface area contributed by atoms with E-state index in [0.29, 0.717) is 0 Å². The highest BCUT2D eigenvalue weighted by Crippen LogP contribution is 2.20. The Morgan fingerprint density at radius 3 is 1.95 bits per heavy atom. The molecule has 0 unspecified atom stereocenters. The van der Waals surface area contributed by atoms with Gasteiger partial charge in [0.15, 0.2) is 0 Å². The first-order valence-electron chi connectivity index (χ1n) is 5.21. The Labute approximate surface area is 113 Å². The highest BCUT2D eigenvalue weighted by Gasteiger charge is 2.38. The molecule has 0 spiro atoms. The molecule has 0 radical (unpaired) electrons. The van der Waals surface area contributed by atoms with Crippen LogP contribution >= 0.6 is 0 Å². The fourth-order valence-corrected chi connectivity index (χ4v) is 1.68. The van der Waals surface area contributed by atoms with Crippen LogP contribution in [0.5, 0.6) is 0 Å². The fraction of sp³-hybridized carbons (Fsp3) is 0.300. The number of hydrogen-bond acceptors (Lipinski definition) is 3. The minimum atomic E-state index is -4.98. The first-order valence-corrected chi connectivity index (χ1v) is 6.65. The Kier molecular flexibility index (Phi) is 4.61. The summed E-state index contributed by atoms with van der Waals surface area (Å²) < 4.78 is 62.2. The largest absolute Gasteiger partial charge is 0.471 e. The van der Waals surface area contributed by atoms with E-state index in [2.05, 4.69) is 4.72 Å². The number of alkyl halides is 3. The van der Waals surface area contributed by atoms with E-state index >= 15 is 0 Å². The second-order valence-corrected chi connectivity index (χ2v) is 5.80. The van der Waals surface area contributed by atoms with Crippen molar-refractivity contribution >= 4 is 27.5 Å². The van der Waals surface area contributed by atoms with Gasteiger partial charge in [-0.3, -0.25) is 9.52 Å². The van der Waals surface area contributed by atoms with Gasteiger partial charge in [0.25, 0.3) is 0 Å². The lowest BCUT2D eigenvalue weighted by Gasteiger charge is -2.14. The van der Waals surface area contributed by atoms with Gasteiger partial charge in [-0.05, 0) is 24.3 Å².